The van der Waals surface area contributed by atoms with Crippen LogP contribution in [0.15, 0.2) is 0 Å². The maximum atomic E-state index is 9.74. The Balaban J connectivity index is 1.68. The number of aliphatic hydroxyl groups excluding tert-OH is 1. The van der Waals surface area contributed by atoms with Gasteiger partial charge in [-0.15, -0.1) is 0 Å². The van der Waals surface area contributed by atoms with Crippen LogP contribution in [0.25, 0.3) is 0 Å². The Labute approximate surface area is 129 Å². The molecule has 5 atom stereocenters. The van der Waals surface area contributed by atoms with Crippen LogP contribution in [0.5, 0.6) is 0 Å². The molecule has 3 saturated carbocycles. The van der Waals surface area contributed by atoms with Gasteiger partial charge in [0.25, 0.3) is 0 Å². The third kappa shape index (κ3) is 2.27. The fraction of sp³-hybridized carbons (Fsp3) is 1.00. The molecule has 122 valence electrons. The first-order chi connectivity index (χ1) is 9.87. The van der Waals surface area contributed by atoms with Crippen LogP contribution >= 0.6 is 0 Å². The van der Waals surface area contributed by atoms with Crippen molar-refractivity contribution < 1.29 is 9.84 Å². The van der Waals surface area contributed by atoms with Gasteiger partial charge in [-0.2, -0.15) is 0 Å². The lowest BCUT2D eigenvalue weighted by atomic mass is 9.70. The third-order valence-electron chi connectivity index (χ3n) is 7.70. The predicted molar refractivity (Wildman–Crippen MR) is 85.2 cm³/mol. The maximum Gasteiger partial charge on any atom is 0.0640 e. The maximum absolute atomic E-state index is 9.74. The molecule has 3 heteroatoms. The summed E-state index contributed by atoms with van der Waals surface area (Å²) in [6, 6.07) is 0. The van der Waals surface area contributed by atoms with Gasteiger partial charge < -0.3 is 15.2 Å². The van der Waals surface area contributed by atoms with Gasteiger partial charge in [-0.05, 0) is 68.7 Å². The summed E-state index contributed by atoms with van der Waals surface area (Å²) in [5, 5.41) is 13.1. The van der Waals surface area contributed by atoms with Gasteiger partial charge in [-0.3, -0.25) is 0 Å². The van der Waals surface area contributed by atoms with Crippen molar-refractivity contribution in [2.24, 2.45) is 16.7 Å². The molecule has 0 aliphatic heterocycles. The van der Waals surface area contributed by atoms with E-state index in [1.807, 2.05) is 7.05 Å². The summed E-state index contributed by atoms with van der Waals surface area (Å²) < 4.78 is 6.63. The van der Waals surface area contributed by atoms with Crippen LogP contribution in [-0.4, -0.2) is 36.5 Å². The smallest absolute Gasteiger partial charge is 0.0640 e. The van der Waals surface area contributed by atoms with E-state index in [-0.39, 0.29) is 12.1 Å². The molecule has 0 aromatic rings. The van der Waals surface area contributed by atoms with E-state index >= 15 is 0 Å². The van der Waals surface area contributed by atoms with E-state index in [1.54, 1.807) is 0 Å². The number of rotatable bonds is 4. The first-order valence-electron chi connectivity index (χ1n) is 8.82. The Hall–Kier alpha value is -0.120. The average Bonchev–Trinajstić information content (AvgIpc) is 2.81. The van der Waals surface area contributed by atoms with E-state index in [0.717, 1.165) is 31.6 Å². The zero-order chi connectivity index (χ0) is 15.3. The van der Waals surface area contributed by atoms with Crippen molar-refractivity contribution in [2.45, 2.75) is 83.5 Å². The summed E-state index contributed by atoms with van der Waals surface area (Å²) in [7, 11) is 1.97. The van der Waals surface area contributed by atoms with Gasteiger partial charge in [0, 0.05) is 5.54 Å². The largest absolute Gasteiger partial charge is 0.394 e. The van der Waals surface area contributed by atoms with Crippen molar-refractivity contribution in [2.75, 3.05) is 13.7 Å². The number of hydrogen-bond donors (Lipinski definition) is 2. The summed E-state index contributed by atoms with van der Waals surface area (Å²) >= 11 is 0. The first-order valence-corrected chi connectivity index (χ1v) is 8.82. The van der Waals surface area contributed by atoms with Crippen molar-refractivity contribution in [3.63, 3.8) is 0 Å². The molecule has 21 heavy (non-hydrogen) atoms. The second kappa shape index (κ2) is 5.21. The molecular formula is C18H33NO2. The van der Waals surface area contributed by atoms with Crippen molar-refractivity contribution in [3.8, 4) is 0 Å². The molecule has 0 spiro atoms. The first kappa shape index (κ1) is 15.8. The fourth-order valence-electron chi connectivity index (χ4n) is 5.44. The van der Waals surface area contributed by atoms with Gasteiger partial charge >= 0.3 is 0 Å². The van der Waals surface area contributed by atoms with Gasteiger partial charge in [0.05, 0.1) is 18.8 Å². The van der Waals surface area contributed by atoms with Crippen LogP contribution in [0.3, 0.4) is 0 Å². The molecule has 2 N–H and O–H groups in total. The summed E-state index contributed by atoms with van der Waals surface area (Å²) in [5.41, 5.74) is 0.650. The number of ether oxygens (including phenoxy) is 1. The van der Waals surface area contributed by atoms with Gasteiger partial charge in [-0.1, -0.05) is 20.8 Å². The molecule has 0 aromatic carbocycles. The highest BCUT2D eigenvalue weighted by Gasteiger charge is 2.62. The zero-order valence-electron chi connectivity index (χ0n) is 14.2. The molecule has 0 amide bonds. The molecule has 5 unspecified atom stereocenters. The standard InChI is InChI=1S/C18H33NO2/c1-16(2)13-7-9-17(16,3)15(10-13)21-14-6-5-8-18(11-14,12-20)19-4/h13-15,19-20H,5-12H2,1-4H3. The average molecular weight is 295 g/mol. The normalized spacial score (nSPS) is 48.7. The number of nitrogens with one attached hydrogen (secondary N) is 1. The number of fused-ring (bicyclic) bond motifs is 2. The molecule has 3 aliphatic carbocycles. The molecule has 0 aromatic heterocycles. The summed E-state index contributed by atoms with van der Waals surface area (Å²) in [4.78, 5) is 0. The van der Waals surface area contributed by atoms with Crippen LogP contribution in [-0.2, 0) is 4.74 Å². The van der Waals surface area contributed by atoms with Crippen LogP contribution in [0.4, 0.5) is 0 Å². The van der Waals surface area contributed by atoms with Crippen LogP contribution < -0.4 is 5.32 Å². The Morgan fingerprint density at radius 1 is 1.19 bits per heavy atom. The second-order valence-electron chi connectivity index (χ2n) is 8.64. The molecule has 3 aliphatic rings. The minimum atomic E-state index is -0.114. The van der Waals surface area contributed by atoms with E-state index in [1.165, 1.54) is 19.3 Å². The molecule has 0 radical (unpaired) electrons. The topological polar surface area (TPSA) is 41.5 Å². The molecule has 3 fully saturated rings. The van der Waals surface area contributed by atoms with E-state index in [2.05, 4.69) is 26.1 Å². The van der Waals surface area contributed by atoms with Gasteiger partial charge in [-0.25, -0.2) is 0 Å². The lowest BCUT2D eigenvalue weighted by Gasteiger charge is -2.44. The number of aliphatic hydroxyl groups is 1. The fourth-order valence-corrected chi connectivity index (χ4v) is 5.44. The van der Waals surface area contributed by atoms with Crippen molar-refractivity contribution in [1.29, 1.82) is 0 Å². The minimum Gasteiger partial charge on any atom is -0.394 e. The minimum absolute atomic E-state index is 0.114. The Kier molecular flexibility index (Phi) is 3.91. The SMILES string of the molecule is CNC1(CO)CCCC(OC2CC3CCC2(C)C3(C)C)C1. The van der Waals surface area contributed by atoms with Crippen molar-refractivity contribution in [1.82, 2.24) is 5.32 Å². The van der Waals surface area contributed by atoms with Crippen molar-refractivity contribution >= 4 is 0 Å². The Bertz CT molecular complexity index is 391. The summed E-state index contributed by atoms with van der Waals surface area (Å²) in [6.45, 7) is 7.56. The van der Waals surface area contributed by atoms with Crippen LogP contribution in [0.1, 0.15) is 65.7 Å². The molecule has 2 bridgehead atoms. The van der Waals surface area contributed by atoms with E-state index in [9.17, 15) is 5.11 Å². The van der Waals surface area contributed by atoms with Crippen LogP contribution in [0, 0.1) is 16.7 Å². The van der Waals surface area contributed by atoms with Gasteiger partial charge in [0.2, 0.25) is 0 Å². The number of likely N-dealkylation sites (N-methyl/N-ethyl adjacent to an activating group) is 1. The highest BCUT2D eigenvalue weighted by molar-refractivity contribution is 5.11. The Morgan fingerprint density at radius 3 is 2.48 bits per heavy atom. The zero-order valence-corrected chi connectivity index (χ0v) is 14.2. The molecule has 3 rings (SSSR count). The molecular weight excluding hydrogens is 262 g/mol. The van der Waals surface area contributed by atoms with Gasteiger partial charge in [0.1, 0.15) is 0 Å². The van der Waals surface area contributed by atoms with Crippen molar-refractivity contribution in [3.05, 3.63) is 0 Å². The summed E-state index contributed by atoms with van der Waals surface area (Å²) in [6.07, 6.45) is 9.01. The van der Waals surface area contributed by atoms with Gasteiger partial charge in [0.15, 0.2) is 0 Å². The summed E-state index contributed by atoms with van der Waals surface area (Å²) in [5.74, 6) is 0.836. The predicted octanol–water partition coefficient (Wildman–Crippen LogP) is 3.11. The van der Waals surface area contributed by atoms with E-state index in [4.69, 9.17) is 4.74 Å². The molecule has 0 saturated heterocycles. The lowest BCUT2D eigenvalue weighted by Crippen LogP contribution is -2.52. The monoisotopic (exact) mass is 295 g/mol. The quantitative estimate of drug-likeness (QED) is 0.837. The molecule has 0 heterocycles. The van der Waals surface area contributed by atoms with Crippen LogP contribution in [0.2, 0.25) is 0 Å². The van der Waals surface area contributed by atoms with E-state index < -0.39 is 0 Å². The lowest BCUT2D eigenvalue weighted by molar-refractivity contribution is -0.110. The van der Waals surface area contributed by atoms with E-state index in [0.29, 0.717) is 23.0 Å². The second-order valence-corrected chi connectivity index (χ2v) is 8.64. The highest BCUT2D eigenvalue weighted by Crippen LogP contribution is 2.66. The third-order valence-corrected chi connectivity index (χ3v) is 7.70. The molecule has 3 nitrogen and oxygen atoms in total. The number of hydrogen-bond acceptors (Lipinski definition) is 3. The Morgan fingerprint density at radius 2 is 1.95 bits per heavy atom. The highest BCUT2D eigenvalue weighted by atomic mass is 16.5.